The van der Waals surface area contributed by atoms with E-state index < -0.39 is 0 Å². The van der Waals surface area contributed by atoms with Gasteiger partial charge >= 0.3 is 0 Å². The highest BCUT2D eigenvalue weighted by Crippen LogP contribution is 2.28. The molecule has 2 aromatic rings. The van der Waals surface area contributed by atoms with Crippen LogP contribution in [0.4, 0.5) is 4.39 Å². The van der Waals surface area contributed by atoms with Crippen molar-refractivity contribution >= 4 is 5.91 Å². The molecule has 1 saturated carbocycles. The monoisotopic (exact) mass is 284 g/mol. The van der Waals surface area contributed by atoms with Crippen LogP contribution < -0.4 is 0 Å². The van der Waals surface area contributed by atoms with Crippen molar-refractivity contribution in [1.29, 1.82) is 0 Å². The van der Waals surface area contributed by atoms with E-state index in [9.17, 15) is 9.18 Å². The smallest absolute Gasteiger partial charge is 0.255 e. The van der Waals surface area contributed by atoms with Crippen molar-refractivity contribution in [1.82, 2.24) is 9.88 Å². The second kappa shape index (κ2) is 6.04. The Labute approximate surface area is 123 Å². The minimum atomic E-state index is -0.232. The Morgan fingerprint density at radius 1 is 1.29 bits per heavy atom. The van der Waals surface area contributed by atoms with Gasteiger partial charge in [-0.05, 0) is 49.1 Å². The van der Waals surface area contributed by atoms with E-state index in [1.807, 2.05) is 11.0 Å². The van der Waals surface area contributed by atoms with Gasteiger partial charge in [-0.1, -0.05) is 12.1 Å². The van der Waals surface area contributed by atoms with Crippen LogP contribution in [0.2, 0.25) is 0 Å². The normalized spacial score (nSPS) is 14.0. The summed E-state index contributed by atoms with van der Waals surface area (Å²) >= 11 is 0. The van der Waals surface area contributed by atoms with Gasteiger partial charge in [0.25, 0.3) is 5.91 Å². The van der Waals surface area contributed by atoms with Crippen molar-refractivity contribution in [2.75, 3.05) is 6.54 Å². The number of aromatic nitrogens is 1. The molecule has 0 N–H and O–H groups in total. The molecule has 0 spiro atoms. The minimum absolute atomic E-state index is 0.0157. The van der Waals surface area contributed by atoms with Crippen LogP contribution in [-0.2, 0) is 6.42 Å². The molecule has 0 atom stereocenters. The number of carbonyl (C=O) groups excluding carboxylic acids is 1. The lowest BCUT2D eigenvalue weighted by Crippen LogP contribution is -2.35. The molecule has 3 nitrogen and oxygen atoms in total. The highest BCUT2D eigenvalue weighted by atomic mass is 19.1. The molecule has 108 valence electrons. The summed E-state index contributed by atoms with van der Waals surface area (Å²) in [7, 11) is 0. The number of hydrogen-bond donors (Lipinski definition) is 0. The highest BCUT2D eigenvalue weighted by Gasteiger charge is 2.32. The van der Waals surface area contributed by atoms with Crippen molar-refractivity contribution < 1.29 is 9.18 Å². The van der Waals surface area contributed by atoms with E-state index in [-0.39, 0.29) is 11.7 Å². The Balaban J connectivity index is 1.69. The molecule has 21 heavy (non-hydrogen) atoms. The number of nitrogens with zero attached hydrogens (tertiary/aromatic N) is 2. The molecule has 0 radical (unpaired) electrons. The number of carbonyl (C=O) groups is 1. The van der Waals surface area contributed by atoms with Gasteiger partial charge in [-0.2, -0.15) is 0 Å². The maximum absolute atomic E-state index is 13.2. The fraction of sp³-hybridized carbons (Fsp3) is 0.294. The van der Waals surface area contributed by atoms with E-state index in [2.05, 4.69) is 4.98 Å². The summed E-state index contributed by atoms with van der Waals surface area (Å²) in [5, 5.41) is 0. The number of pyridine rings is 1. The summed E-state index contributed by atoms with van der Waals surface area (Å²) in [6.45, 7) is 0.613. The number of halogens is 1. The quantitative estimate of drug-likeness (QED) is 0.845. The van der Waals surface area contributed by atoms with E-state index in [4.69, 9.17) is 0 Å². The Bertz CT molecular complexity index is 626. The van der Waals surface area contributed by atoms with Gasteiger partial charge in [0.2, 0.25) is 0 Å². The van der Waals surface area contributed by atoms with Crippen molar-refractivity contribution in [3.8, 4) is 0 Å². The predicted octanol–water partition coefficient (Wildman–Crippen LogP) is 3.07. The second-order valence-corrected chi connectivity index (χ2v) is 5.35. The summed E-state index contributed by atoms with van der Waals surface area (Å²) in [5.74, 6) is -0.217. The molecular formula is C17H17FN2O. The Kier molecular flexibility index (Phi) is 3.95. The standard InChI is InChI=1S/C17H17FN2O/c18-15-5-1-3-13(11-15)8-10-20(16-6-7-16)17(21)14-4-2-9-19-12-14/h1-5,9,11-12,16H,6-8,10H2. The molecule has 1 aliphatic carbocycles. The third-order valence-corrected chi connectivity index (χ3v) is 3.69. The molecule has 1 heterocycles. The Morgan fingerprint density at radius 3 is 2.81 bits per heavy atom. The third-order valence-electron chi connectivity index (χ3n) is 3.69. The summed E-state index contributed by atoms with van der Waals surface area (Å²) in [4.78, 5) is 18.4. The van der Waals surface area contributed by atoms with Gasteiger partial charge < -0.3 is 4.90 Å². The topological polar surface area (TPSA) is 33.2 Å². The Hall–Kier alpha value is -2.23. The summed E-state index contributed by atoms with van der Waals surface area (Å²) in [6.07, 6.45) is 6.02. The Morgan fingerprint density at radius 2 is 2.14 bits per heavy atom. The molecule has 0 saturated heterocycles. The number of benzene rings is 1. The molecule has 1 fully saturated rings. The zero-order valence-corrected chi connectivity index (χ0v) is 11.7. The van der Waals surface area contributed by atoms with Crippen LogP contribution in [0.5, 0.6) is 0 Å². The lowest BCUT2D eigenvalue weighted by atomic mass is 10.1. The molecule has 1 aromatic carbocycles. The van der Waals surface area contributed by atoms with E-state index in [0.29, 0.717) is 24.6 Å². The van der Waals surface area contributed by atoms with E-state index in [1.54, 1.807) is 30.6 Å². The van der Waals surface area contributed by atoms with E-state index >= 15 is 0 Å². The molecule has 3 rings (SSSR count). The first kappa shape index (κ1) is 13.7. The van der Waals surface area contributed by atoms with Gasteiger partial charge in [-0.3, -0.25) is 9.78 Å². The molecular weight excluding hydrogens is 267 g/mol. The van der Waals surface area contributed by atoms with Crippen LogP contribution in [0.15, 0.2) is 48.8 Å². The average Bonchev–Trinajstić information content (AvgIpc) is 3.33. The summed E-state index contributed by atoms with van der Waals surface area (Å²) in [5.41, 5.74) is 1.53. The highest BCUT2D eigenvalue weighted by molar-refractivity contribution is 5.94. The molecule has 1 aliphatic rings. The molecule has 1 amide bonds. The molecule has 4 heteroatoms. The first-order chi connectivity index (χ1) is 10.2. The second-order valence-electron chi connectivity index (χ2n) is 5.35. The largest absolute Gasteiger partial charge is 0.335 e. The van der Waals surface area contributed by atoms with Crippen molar-refractivity contribution in [2.45, 2.75) is 25.3 Å². The van der Waals surface area contributed by atoms with Crippen LogP contribution in [0.3, 0.4) is 0 Å². The van der Waals surface area contributed by atoms with Crippen LogP contribution >= 0.6 is 0 Å². The maximum atomic E-state index is 13.2. The number of amides is 1. The van der Waals surface area contributed by atoms with Crippen LogP contribution in [0, 0.1) is 5.82 Å². The van der Waals surface area contributed by atoms with Gasteiger partial charge in [0.15, 0.2) is 0 Å². The lowest BCUT2D eigenvalue weighted by molar-refractivity contribution is 0.0744. The van der Waals surface area contributed by atoms with Gasteiger partial charge in [-0.15, -0.1) is 0 Å². The number of hydrogen-bond acceptors (Lipinski definition) is 2. The minimum Gasteiger partial charge on any atom is -0.335 e. The summed E-state index contributed by atoms with van der Waals surface area (Å²) < 4.78 is 13.2. The van der Waals surface area contributed by atoms with Gasteiger partial charge in [0.1, 0.15) is 5.82 Å². The number of rotatable bonds is 5. The van der Waals surface area contributed by atoms with E-state index in [1.165, 1.54) is 12.1 Å². The maximum Gasteiger partial charge on any atom is 0.255 e. The molecule has 0 bridgehead atoms. The predicted molar refractivity (Wildman–Crippen MR) is 78.4 cm³/mol. The lowest BCUT2D eigenvalue weighted by Gasteiger charge is -2.22. The van der Waals surface area contributed by atoms with Crippen LogP contribution in [0.25, 0.3) is 0 Å². The first-order valence-corrected chi connectivity index (χ1v) is 7.19. The van der Waals surface area contributed by atoms with Gasteiger partial charge in [-0.25, -0.2) is 4.39 Å². The van der Waals surface area contributed by atoms with Gasteiger partial charge in [0.05, 0.1) is 5.56 Å². The van der Waals surface area contributed by atoms with Crippen molar-refractivity contribution in [3.05, 3.63) is 65.7 Å². The fourth-order valence-electron chi connectivity index (χ4n) is 2.43. The van der Waals surface area contributed by atoms with Crippen LogP contribution in [0.1, 0.15) is 28.8 Å². The SMILES string of the molecule is O=C(c1cccnc1)N(CCc1cccc(F)c1)C1CC1. The molecule has 1 aromatic heterocycles. The van der Waals surface area contributed by atoms with Crippen LogP contribution in [-0.4, -0.2) is 28.4 Å². The third kappa shape index (κ3) is 3.45. The zero-order chi connectivity index (χ0) is 14.7. The van der Waals surface area contributed by atoms with Gasteiger partial charge in [0, 0.05) is 25.0 Å². The first-order valence-electron chi connectivity index (χ1n) is 7.19. The van der Waals surface area contributed by atoms with Crippen molar-refractivity contribution in [2.24, 2.45) is 0 Å². The van der Waals surface area contributed by atoms with E-state index in [0.717, 1.165) is 18.4 Å². The summed E-state index contributed by atoms with van der Waals surface area (Å²) in [6, 6.07) is 10.4. The van der Waals surface area contributed by atoms with Crippen molar-refractivity contribution in [3.63, 3.8) is 0 Å². The molecule has 0 aliphatic heterocycles. The molecule has 0 unspecified atom stereocenters. The average molecular weight is 284 g/mol. The fourth-order valence-corrected chi connectivity index (χ4v) is 2.43. The zero-order valence-electron chi connectivity index (χ0n) is 11.7.